The van der Waals surface area contributed by atoms with E-state index >= 15 is 0 Å². The SMILES string of the molecule is O=C(COc1ccc(Cl)cc1)Nc1ccc2nc3n(c(=O)c2c1)CCCC3. The van der Waals surface area contributed by atoms with Crippen LogP contribution in [0.15, 0.2) is 47.3 Å². The average Bonchev–Trinajstić information content (AvgIpc) is 2.68. The van der Waals surface area contributed by atoms with E-state index in [4.69, 9.17) is 16.3 Å². The lowest BCUT2D eigenvalue weighted by Gasteiger charge is -2.18. The van der Waals surface area contributed by atoms with E-state index in [0.29, 0.717) is 33.9 Å². The van der Waals surface area contributed by atoms with E-state index in [1.165, 1.54) is 0 Å². The van der Waals surface area contributed by atoms with Gasteiger partial charge in [0.1, 0.15) is 11.6 Å². The third kappa shape index (κ3) is 3.80. The zero-order valence-electron chi connectivity index (χ0n) is 14.6. The smallest absolute Gasteiger partial charge is 0.262 e. The van der Waals surface area contributed by atoms with Gasteiger partial charge in [-0.1, -0.05) is 11.6 Å². The number of carbonyl (C=O) groups excluding carboxylic acids is 1. The van der Waals surface area contributed by atoms with Gasteiger partial charge in [-0.15, -0.1) is 0 Å². The van der Waals surface area contributed by atoms with E-state index in [1.54, 1.807) is 47.0 Å². The van der Waals surface area contributed by atoms with Crippen LogP contribution in [-0.4, -0.2) is 22.1 Å². The molecule has 0 saturated carbocycles. The predicted molar refractivity (Wildman–Crippen MR) is 105 cm³/mol. The molecule has 0 spiro atoms. The summed E-state index contributed by atoms with van der Waals surface area (Å²) in [6.45, 7) is 0.559. The van der Waals surface area contributed by atoms with Gasteiger partial charge >= 0.3 is 0 Å². The highest BCUT2D eigenvalue weighted by atomic mass is 35.5. The topological polar surface area (TPSA) is 73.2 Å². The van der Waals surface area contributed by atoms with Gasteiger partial charge in [0, 0.05) is 23.7 Å². The summed E-state index contributed by atoms with van der Waals surface area (Å²) in [4.78, 5) is 29.5. The van der Waals surface area contributed by atoms with Gasteiger partial charge in [0.05, 0.1) is 10.9 Å². The Morgan fingerprint density at radius 1 is 1.19 bits per heavy atom. The first kappa shape index (κ1) is 17.5. The Hall–Kier alpha value is -2.86. The second-order valence-electron chi connectivity index (χ2n) is 6.46. The molecule has 0 bridgehead atoms. The van der Waals surface area contributed by atoms with Gasteiger partial charge in [-0.2, -0.15) is 0 Å². The number of rotatable bonds is 4. The normalized spacial score (nSPS) is 13.2. The molecule has 2 heterocycles. The van der Waals surface area contributed by atoms with E-state index in [1.807, 2.05) is 0 Å². The van der Waals surface area contributed by atoms with Gasteiger partial charge in [-0.05, 0) is 55.3 Å². The molecule has 0 radical (unpaired) electrons. The van der Waals surface area contributed by atoms with Crippen LogP contribution >= 0.6 is 11.6 Å². The highest BCUT2D eigenvalue weighted by molar-refractivity contribution is 6.30. The van der Waals surface area contributed by atoms with Crippen molar-refractivity contribution in [2.24, 2.45) is 0 Å². The fraction of sp³-hybridized carbons (Fsp3) is 0.250. The molecule has 1 aromatic heterocycles. The zero-order chi connectivity index (χ0) is 18.8. The largest absolute Gasteiger partial charge is 0.484 e. The van der Waals surface area contributed by atoms with Gasteiger partial charge in [-0.25, -0.2) is 4.98 Å². The molecule has 138 valence electrons. The van der Waals surface area contributed by atoms with Crippen molar-refractivity contribution in [2.45, 2.75) is 25.8 Å². The Morgan fingerprint density at radius 2 is 2.00 bits per heavy atom. The standard InChI is InChI=1S/C20H18ClN3O3/c21-13-4-7-15(8-5-13)27-12-19(25)22-14-6-9-17-16(11-14)20(26)24-10-2-1-3-18(24)23-17/h4-9,11H,1-3,10,12H2,(H,22,25). The van der Waals surface area contributed by atoms with Crippen molar-refractivity contribution in [2.75, 3.05) is 11.9 Å². The number of halogens is 1. The van der Waals surface area contributed by atoms with Crippen molar-refractivity contribution in [1.29, 1.82) is 0 Å². The highest BCUT2D eigenvalue weighted by Crippen LogP contribution is 2.19. The minimum atomic E-state index is -0.310. The van der Waals surface area contributed by atoms with Crippen LogP contribution in [0.4, 0.5) is 5.69 Å². The van der Waals surface area contributed by atoms with Gasteiger partial charge in [0.15, 0.2) is 6.61 Å². The number of anilines is 1. The summed E-state index contributed by atoms with van der Waals surface area (Å²) in [7, 11) is 0. The van der Waals surface area contributed by atoms with Crippen molar-refractivity contribution in [3.8, 4) is 5.75 Å². The number of aromatic nitrogens is 2. The lowest BCUT2D eigenvalue weighted by molar-refractivity contribution is -0.118. The van der Waals surface area contributed by atoms with Crippen molar-refractivity contribution in [1.82, 2.24) is 9.55 Å². The molecule has 1 amide bonds. The van der Waals surface area contributed by atoms with Crippen LogP contribution in [0.1, 0.15) is 18.7 Å². The van der Waals surface area contributed by atoms with Gasteiger partial charge in [0.25, 0.3) is 11.5 Å². The summed E-state index contributed by atoms with van der Waals surface area (Å²) >= 11 is 5.82. The number of amides is 1. The van der Waals surface area contributed by atoms with E-state index in [2.05, 4.69) is 10.3 Å². The maximum absolute atomic E-state index is 12.7. The lowest BCUT2D eigenvalue weighted by Crippen LogP contribution is -2.28. The number of fused-ring (bicyclic) bond motifs is 2. The molecule has 0 aliphatic carbocycles. The van der Waals surface area contributed by atoms with Crippen molar-refractivity contribution < 1.29 is 9.53 Å². The molecule has 0 fully saturated rings. The molecule has 1 aliphatic heterocycles. The van der Waals surface area contributed by atoms with Crippen LogP contribution in [0.25, 0.3) is 10.9 Å². The lowest BCUT2D eigenvalue weighted by atomic mass is 10.1. The predicted octanol–water partition coefficient (Wildman–Crippen LogP) is 3.40. The van der Waals surface area contributed by atoms with Gasteiger partial charge in [0.2, 0.25) is 0 Å². The third-order valence-corrected chi connectivity index (χ3v) is 4.78. The van der Waals surface area contributed by atoms with E-state index in [0.717, 1.165) is 25.1 Å². The Bertz CT molecular complexity index is 1060. The van der Waals surface area contributed by atoms with Crippen LogP contribution in [0.5, 0.6) is 5.75 Å². The van der Waals surface area contributed by atoms with Gasteiger partial charge in [-0.3, -0.25) is 14.2 Å². The summed E-state index contributed by atoms with van der Waals surface area (Å²) in [5.74, 6) is 1.09. The fourth-order valence-electron chi connectivity index (χ4n) is 3.20. The minimum Gasteiger partial charge on any atom is -0.484 e. The second-order valence-corrected chi connectivity index (χ2v) is 6.90. The number of hydrogen-bond donors (Lipinski definition) is 1. The Balaban J connectivity index is 1.50. The first-order valence-corrected chi connectivity index (χ1v) is 9.20. The maximum atomic E-state index is 12.7. The number of carbonyl (C=O) groups is 1. The summed E-state index contributed by atoms with van der Waals surface area (Å²) in [6, 6.07) is 12.0. The molecular weight excluding hydrogens is 366 g/mol. The first-order valence-electron chi connectivity index (χ1n) is 8.82. The van der Waals surface area contributed by atoms with Crippen LogP contribution < -0.4 is 15.6 Å². The summed E-state index contributed by atoms with van der Waals surface area (Å²) in [6.07, 6.45) is 2.87. The molecule has 1 N–H and O–H groups in total. The molecule has 1 aliphatic rings. The zero-order valence-corrected chi connectivity index (χ0v) is 15.3. The summed E-state index contributed by atoms with van der Waals surface area (Å²) in [5, 5.41) is 3.87. The molecule has 7 heteroatoms. The minimum absolute atomic E-state index is 0.0526. The van der Waals surface area contributed by atoms with E-state index in [-0.39, 0.29) is 18.1 Å². The number of aryl methyl sites for hydroxylation is 1. The number of nitrogens with zero attached hydrogens (tertiary/aromatic N) is 2. The molecule has 27 heavy (non-hydrogen) atoms. The number of hydrogen-bond acceptors (Lipinski definition) is 4. The molecule has 3 aromatic rings. The van der Waals surface area contributed by atoms with Crippen molar-refractivity contribution >= 4 is 34.1 Å². The Kier molecular flexibility index (Phi) is 4.81. The number of nitrogens with one attached hydrogen (secondary N) is 1. The van der Waals surface area contributed by atoms with Gasteiger partial charge < -0.3 is 10.1 Å². The molecule has 6 nitrogen and oxygen atoms in total. The van der Waals surface area contributed by atoms with Crippen molar-refractivity contribution in [3.05, 3.63) is 63.7 Å². The molecule has 0 saturated heterocycles. The second kappa shape index (κ2) is 7.40. The first-order chi connectivity index (χ1) is 13.1. The molecule has 0 unspecified atom stereocenters. The fourth-order valence-corrected chi connectivity index (χ4v) is 3.32. The number of benzene rings is 2. The Labute approximate surface area is 160 Å². The third-order valence-electron chi connectivity index (χ3n) is 4.53. The van der Waals surface area contributed by atoms with Crippen LogP contribution in [0, 0.1) is 0 Å². The summed E-state index contributed by atoms with van der Waals surface area (Å²) < 4.78 is 7.17. The van der Waals surface area contributed by atoms with Crippen LogP contribution in [-0.2, 0) is 17.8 Å². The molecule has 2 aromatic carbocycles. The Morgan fingerprint density at radius 3 is 2.81 bits per heavy atom. The summed E-state index contributed by atoms with van der Waals surface area (Å²) in [5.41, 5.74) is 1.15. The maximum Gasteiger partial charge on any atom is 0.262 e. The van der Waals surface area contributed by atoms with E-state index < -0.39 is 0 Å². The van der Waals surface area contributed by atoms with Crippen LogP contribution in [0.3, 0.4) is 0 Å². The average molecular weight is 384 g/mol. The molecule has 0 atom stereocenters. The van der Waals surface area contributed by atoms with Crippen molar-refractivity contribution in [3.63, 3.8) is 0 Å². The molecule has 4 rings (SSSR count). The quantitative estimate of drug-likeness (QED) is 0.749. The number of ether oxygens (including phenoxy) is 1. The van der Waals surface area contributed by atoms with Crippen LogP contribution in [0.2, 0.25) is 5.02 Å². The van der Waals surface area contributed by atoms with E-state index in [9.17, 15) is 9.59 Å². The monoisotopic (exact) mass is 383 g/mol. The highest BCUT2D eigenvalue weighted by Gasteiger charge is 2.15. The molecular formula is C20H18ClN3O3.